The lowest BCUT2D eigenvalue weighted by Gasteiger charge is -2.35. The Hall–Kier alpha value is -1.92. The molecule has 1 atom stereocenters. The highest BCUT2D eigenvalue weighted by Crippen LogP contribution is 2.36. The number of sulfonamides is 1. The van der Waals surface area contributed by atoms with E-state index in [4.69, 9.17) is 0 Å². The molecular formula is C20H27N3O2S. The minimum atomic E-state index is -3.52. The fraction of sp³-hybridized carbons (Fsp3) is 0.450. The number of nitrogens with zero attached hydrogens (tertiary/aromatic N) is 3. The molecule has 1 aliphatic heterocycles. The van der Waals surface area contributed by atoms with Gasteiger partial charge >= 0.3 is 0 Å². The fourth-order valence-corrected chi connectivity index (χ4v) is 5.29. The summed E-state index contributed by atoms with van der Waals surface area (Å²) in [5, 5.41) is 0. The SMILES string of the molecule is Cc1ccc(S(=O)(=O)N2CCCCC2c2cnc(N(C)C)c(C)c2)cc1. The van der Waals surface area contributed by atoms with Crippen LogP contribution in [-0.2, 0) is 10.0 Å². The third-order valence-corrected chi connectivity index (χ3v) is 6.88. The maximum absolute atomic E-state index is 13.2. The molecular weight excluding hydrogens is 346 g/mol. The molecule has 140 valence electrons. The van der Waals surface area contributed by atoms with E-state index in [2.05, 4.69) is 11.1 Å². The summed E-state index contributed by atoms with van der Waals surface area (Å²) in [5.41, 5.74) is 3.09. The van der Waals surface area contributed by atoms with Crippen molar-refractivity contribution in [3.63, 3.8) is 0 Å². The summed E-state index contributed by atoms with van der Waals surface area (Å²) in [5.74, 6) is 0.914. The molecule has 1 unspecified atom stereocenters. The average Bonchev–Trinajstić information content (AvgIpc) is 2.61. The van der Waals surface area contributed by atoms with Crippen molar-refractivity contribution in [3.05, 3.63) is 53.2 Å². The summed E-state index contributed by atoms with van der Waals surface area (Å²) in [6, 6.07) is 9.03. The zero-order valence-corrected chi connectivity index (χ0v) is 16.8. The first kappa shape index (κ1) is 18.9. The van der Waals surface area contributed by atoms with Crippen LogP contribution in [-0.4, -0.2) is 38.3 Å². The van der Waals surface area contributed by atoms with Gasteiger partial charge < -0.3 is 4.90 Å². The van der Waals surface area contributed by atoms with Gasteiger partial charge in [-0.3, -0.25) is 0 Å². The Labute approximate surface area is 156 Å². The molecule has 2 heterocycles. The molecule has 1 saturated heterocycles. The summed E-state index contributed by atoms with van der Waals surface area (Å²) >= 11 is 0. The highest BCUT2D eigenvalue weighted by atomic mass is 32.2. The van der Waals surface area contributed by atoms with Crippen molar-refractivity contribution >= 4 is 15.8 Å². The third kappa shape index (κ3) is 3.62. The van der Waals surface area contributed by atoms with Crippen LogP contribution in [0.2, 0.25) is 0 Å². The highest BCUT2D eigenvalue weighted by Gasteiger charge is 2.34. The van der Waals surface area contributed by atoms with E-state index >= 15 is 0 Å². The predicted octanol–water partition coefficient (Wildman–Crippen LogP) is 3.68. The van der Waals surface area contributed by atoms with E-state index in [1.165, 1.54) is 0 Å². The number of aryl methyl sites for hydroxylation is 2. The van der Waals surface area contributed by atoms with Crippen LogP contribution < -0.4 is 4.90 Å². The summed E-state index contributed by atoms with van der Waals surface area (Å²) < 4.78 is 28.1. The van der Waals surface area contributed by atoms with Crippen LogP contribution in [0.4, 0.5) is 5.82 Å². The second-order valence-corrected chi connectivity index (χ2v) is 9.13. The summed E-state index contributed by atoms with van der Waals surface area (Å²) in [6.45, 7) is 4.53. The normalized spacial score (nSPS) is 18.7. The van der Waals surface area contributed by atoms with Crippen molar-refractivity contribution in [1.29, 1.82) is 0 Å². The molecule has 0 aliphatic carbocycles. The van der Waals surface area contributed by atoms with Gasteiger partial charge in [0, 0.05) is 26.8 Å². The van der Waals surface area contributed by atoms with E-state index in [1.54, 1.807) is 16.4 Å². The van der Waals surface area contributed by atoms with Gasteiger partial charge in [-0.15, -0.1) is 0 Å². The molecule has 0 spiro atoms. The van der Waals surface area contributed by atoms with E-state index in [0.29, 0.717) is 11.4 Å². The van der Waals surface area contributed by atoms with E-state index in [9.17, 15) is 8.42 Å². The van der Waals surface area contributed by atoms with Crippen LogP contribution in [0.5, 0.6) is 0 Å². The van der Waals surface area contributed by atoms with Crippen LogP contribution in [0.25, 0.3) is 0 Å². The summed E-state index contributed by atoms with van der Waals surface area (Å²) in [4.78, 5) is 6.90. The van der Waals surface area contributed by atoms with Crippen LogP contribution in [0.3, 0.4) is 0 Å². The average molecular weight is 374 g/mol. The van der Waals surface area contributed by atoms with Crippen molar-refractivity contribution in [3.8, 4) is 0 Å². The van der Waals surface area contributed by atoms with Crippen LogP contribution in [0, 0.1) is 13.8 Å². The number of benzene rings is 1. The number of hydrogen-bond acceptors (Lipinski definition) is 4. The highest BCUT2D eigenvalue weighted by molar-refractivity contribution is 7.89. The fourth-order valence-electron chi connectivity index (χ4n) is 3.61. The van der Waals surface area contributed by atoms with Gasteiger partial charge in [-0.1, -0.05) is 24.1 Å². The Morgan fingerprint density at radius 1 is 1.12 bits per heavy atom. The summed E-state index contributed by atoms with van der Waals surface area (Å²) in [7, 11) is 0.404. The molecule has 1 aromatic heterocycles. The van der Waals surface area contributed by atoms with E-state index in [0.717, 1.165) is 41.8 Å². The zero-order chi connectivity index (χ0) is 18.9. The Morgan fingerprint density at radius 2 is 1.81 bits per heavy atom. The minimum absolute atomic E-state index is 0.155. The van der Waals surface area contributed by atoms with Crippen LogP contribution in [0.1, 0.15) is 42.0 Å². The first-order valence-electron chi connectivity index (χ1n) is 9.03. The number of piperidine rings is 1. The van der Waals surface area contributed by atoms with Crippen molar-refractivity contribution in [2.45, 2.75) is 44.0 Å². The maximum Gasteiger partial charge on any atom is 0.243 e. The van der Waals surface area contributed by atoms with Gasteiger partial charge in [0.05, 0.1) is 10.9 Å². The molecule has 26 heavy (non-hydrogen) atoms. The second kappa shape index (κ2) is 7.37. The molecule has 3 rings (SSSR count). The minimum Gasteiger partial charge on any atom is -0.363 e. The van der Waals surface area contributed by atoms with E-state index in [-0.39, 0.29) is 6.04 Å². The first-order chi connectivity index (χ1) is 12.3. The van der Waals surface area contributed by atoms with Gasteiger partial charge in [-0.2, -0.15) is 4.31 Å². The molecule has 0 amide bonds. The molecule has 6 heteroatoms. The molecule has 0 radical (unpaired) electrons. The van der Waals surface area contributed by atoms with Crippen molar-refractivity contribution in [1.82, 2.24) is 9.29 Å². The van der Waals surface area contributed by atoms with Gasteiger partial charge in [0.1, 0.15) is 5.82 Å². The third-order valence-electron chi connectivity index (χ3n) is 4.96. The molecule has 1 aromatic carbocycles. The predicted molar refractivity (Wildman–Crippen MR) is 105 cm³/mol. The number of rotatable bonds is 4. The first-order valence-corrected chi connectivity index (χ1v) is 10.5. The lowest BCUT2D eigenvalue weighted by atomic mass is 9.98. The Bertz CT molecular complexity index is 876. The lowest BCUT2D eigenvalue weighted by Crippen LogP contribution is -2.38. The number of aromatic nitrogens is 1. The van der Waals surface area contributed by atoms with E-state index < -0.39 is 10.0 Å². The van der Waals surface area contributed by atoms with Crippen LogP contribution in [0.15, 0.2) is 41.4 Å². The number of anilines is 1. The standard InChI is InChI=1S/C20H27N3O2S/c1-15-8-10-18(11-9-15)26(24,25)23-12-6-5-7-19(23)17-13-16(2)20(21-14-17)22(3)4/h8-11,13-14,19H,5-7,12H2,1-4H3. The molecule has 1 aliphatic rings. The topological polar surface area (TPSA) is 53.5 Å². The van der Waals surface area contributed by atoms with Gasteiger partial charge in [-0.25, -0.2) is 13.4 Å². The quantitative estimate of drug-likeness (QED) is 0.820. The van der Waals surface area contributed by atoms with E-state index in [1.807, 2.05) is 51.2 Å². The molecule has 0 saturated carbocycles. The second-order valence-electron chi connectivity index (χ2n) is 7.24. The molecule has 5 nitrogen and oxygen atoms in total. The Balaban J connectivity index is 1.98. The van der Waals surface area contributed by atoms with Gasteiger partial charge in [-0.05, 0) is 56.0 Å². The van der Waals surface area contributed by atoms with Gasteiger partial charge in [0.2, 0.25) is 10.0 Å². The van der Waals surface area contributed by atoms with Crippen molar-refractivity contribution in [2.75, 3.05) is 25.5 Å². The number of hydrogen-bond donors (Lipinski definition) is 0. The Morgan fingerprint density at radius 3 is 2.42 bits per heavy atom. The summed E-state index contributed by atoms with van der Waals surface area (Å²) in [6.07, 6.45) is 4.58. The Kier molecular flexibility index (Phi) is 5.34. The van der Waals surface area contributed by atoms with Gasteiger partial charge in [0.15, 0.2) is 0 Å². The van der Waals surface area contributed by atoms with Crippen molar-refractivity contribution < 1.29 is 8.42 Å². The van der Waals surface area contributed by atoms with Crippen LogP contribution >= 0.6 is 0 Å². The zero-order valence-electron chi connectivity index (χ0n) is 15.9. The lowest BCUT2D eigenvalue weighted by molar-refractivity contribution is 0.255. The smallest absolute Gasteiger partial charge is 0.243 e. The molecule has 0 bridgehead atoms. The molecule has 0 N–H and O–H groups in total. The number of pyridine rings is 1. The molecule has 1 fully saturated rings. The van der Waals surface area contributed by atoms with Gasteiger partial charge in [0.25, 0.3) is 0 Å². The maximum atomic E-state index is 13.2. The monoisotopic (exact) mass is 373 g/mol. The van der Waals surface area contributed by atoms with Crippen molar-refractivity contribution in [2.24, 2.45) is 0 Å². The largest absolute Gasteiger partial charge is 0.363 e. The molecule has 2 aromatic rings.